The zero-order valence-corrected chi connectivity index (χ0v) is 11.4. The Hall–Kier alpha value is -0.780. The van der Waals surface area contributed by atoms with Crippen molar-refractivity contribution in [1.29, 1.82) is 0 Å². The molecule has 19 heavy (non-hydrogen) atoms. The molecule has 0 aromatic carbocycles. The Kier molecular flexibility index (Phi) is 6.62. The van der Waals surface area contributed by atoms with Gasteiger partial charge in [-0.25, -0.2) is 5.01 Å². The lowest BCUT2D eigenvalue weighted by Gasteiger charge is -2.28. The maximum atomic E-state index is 12.9. The van der Waals surface area contributed by atoms with Crippen molar-refractivity contribution < 1.29 is 18.0 Å². The van der Waals surface area contributed by atoms with Crippen molar-refractivity contribution in [2.45, 2.75) is 70.5 Å². The molecule has 0 aromatic rings. The van der Waals surface area contributed by atoms with Crippen molar-refractivity contribution in [2.24, 2.45) is 0 Å². The lowest BCUT2D eigenvalue weighted by atomic mass is 10.0. The van der Waals surface area contributed by atoms with Crippen molar-refractivity contribution in [3.8, 4) is 0 Å². The molecule has 3 nitrogen and oxygen atoms in total. The summed E-state index contributed by atoms with van der Waals surface area (Å²) in [6.07, 6.45) is 1.68. The Labute approximate surface area is 112 Å². The number of rotatable bonds is 8. The van der Waals surface area contributed by atoms with Crippen LogP contribution < -0.4 is 5.43 Å². The van der Waals surface area contributed by atoms with Gasteiger partial charge in [0.25, 0.3) is 0 Å². The van der Waals surface area contributed by atoms with Crippen molar-refractivity contribution in [3.63, 3.8) is 0 Å². The van der Waals surface area contributed by atoms with Crippen LogP contribution in [0.25, 0.3) is 0 Å². The predicted molar refractivity (Wildman–Crippen MR) is 67.3 cm³/mol. The lowest BCUT2D eigenvalue weighted by molar-refractivity contribution is -0.190. The number of halogens is 3. The van der Waals surface area contributed by atoms with Crippen LogP contribution in [0.15, 0.2) is 0 Å². The van der Waals surface area contributed by atoms with Crippen LogP contribution in [0.4, 0.5) is 13.2 Å². The van der Waals surface area contributed by atoms with E-state index in [-0.39, 0.29) is 25.3 Å². The van der Waals surface area contributed by atoms with E-state index in [0.29, 0.717) is 6.42 Å². The quantitative estimate of drug-likeness (QED) is 0.691. The molecular formula is C13H23F3N2O. The van der Waals surface area contributed by atoms with Crippen molar-refractivity contribution in [3.05, 3.63) is 0 Å². The third kappa shape index (κ3) is 5.80. The van der Waals surface area contributed by atoms with E-state index in [4.69, 9.17) is 0 Å². The molecule has 1 aliphatic heterocycles. The van der Waals surface area contributed by atoms with E-state index in [1.54, 1.807) is 0 Å². The number of unbranched alkanes of at least 4 members (excludes halogenated alkanes) is 5. The number of hydrogen-bond acceptors (Lipinski definition) is 2. The van der Waals surface area contributed by atoms with Crippen LogP contribution in [0.5, 0.6) is 0 Å². The van der Waals surface area contributed by atoms with Gasteiger partial charge in [0.15, 0.2) is 0 Å². The summed E-state index contributed by atoms with van der Waals surface area (Å²) in [4.78, 5) is 11.0. The molecule has 0 radical (unpaired) electrons. The first-order chi connectivity index (χ1) is 8.95. The Bertz CT molecular complexity index is 282. The number of hydrogen-bond donors (Lipinski definition) is 1. The minimum absolute atomic E-state index is 0.0654. The highest BCUT2D eigenvalue weighted by Crippen LogP contribution is 2.29. The monoisotopic (exact) mass is 280 g/mol. The number of nitrogens with zero attached hydrogens (tertiary/aromatic N) is 1. The molecule has 1 fully saturated rings. The summed E-state index contributed by atoms with van der Waals surface area (Å²) < 4.78 is 38.8. The van der Waals surface area contributed by atoms with Gasteiger partial charge in [-0.2, -0.15) is 13.2 Å². The average molecular weight is 280 g/mol. The molecule has 0 saturated carbocycles. The van der Waals surface area contributed by atoms with Gasteiger partial charge in [-0.05, 0) is 6.42 Å². The van der Waals surface area contributed by atoms with Crippen LogP contribution in [0.1, 0.15) is 58.3 Å². The number of carbonyl (C=O) groups excluding carboxylic acids is 1. The summed E-state index contributed by atoms with van der Waals surface area (Å²) in [6, 6.07) is -1.54. The first-order valence-corrected chi connectivity index (χ1v) is 7.08. The molecule has 0 aromatic heterocycles. The van der Waals surface area contributed by atoms with E-state index < -0.39 is 12.2 Å². The molecule has 0 aliphatic carbocycles. The topological polar surface area (TPSA) is 32.3 Å². The molecule has 0 spiro atoms. The van der Waals surface area contributed by atoms with E-state index >= 15 is 0 Å². The number of amides is 1. The van der Waals surface area contributed by atoms with Gasteiger partial charge in [-0.3, -0.25) is 10.2 Å². The Balaban J connectivity index is 2.33. The van der Waals surface area contributed by atoms with E-state index in [0.717, 1.165) is 37.1 Å². The van der Waals surface area contributed by atoms with Gasteiger partial charge < -0.3 is 0 Å². The van der Waals surface area contributed by atoms with Gasteiger partial charge in [0.2, 0.25) is 5.91 Å². The third-order valence-electron chi connectivity index (χ3n) is 3.43. The minimum atomic E-state index is -4.28. The maximum absolute atomic E-state index is 12.9. The number of carbonyl (C=O) groups is 1. The molecule has 0 bridgehead atoms. The number of nitrogens with one attached hydrogen (secondary N) is 1. The maximum Gasteiger partial charge on any atom is 0.405 e. The molecule has 112 valence electrons. The fourth-order valence-electron chi connectivity index (χ4n) is 2.34. The average Bonchev–Trinajstić information content (AvgIpc) is 2.73. The van der Waals surface area contributed by atoms with Crippen molar-refractivity contribution in [2.75, 3.05) is 6.54 Å². The smallest absolute Gasteiger partial charge is 0.288 e. The normalized spacial score (nSPS) is 18.6. The Morgan fingerprint density at radius 1 is 1.21 bits per heavy atom. The van der Waals surface area contributed by atoms with Crippen LogP contribution in [-0.2, 0) is 4.79 Å². The minimum Gasteiger partial charge on any atom is -0.288 e. The summed E-state index contributed by atoms with van der Waals surface area (Å²) >= 11 is 0. The predicted octanol–water partition coefficient (Wildman–Crippen LogP) is 3.40. The lowest BCUT2D eigenvalue weighted by Crippen LogP contribution is -2.49. The molecule has 1 amide bonds. The Morgan fingerprint density at radius 2 is 1.84 bits per heavy atom. The highest BCUT2D eigenvalue weighted by molar-refractivity contribution is 5.77. The molecule has 1 N–H and O–H groups in total. The molecule has 1 saturated heterocycles. The fourth-order valence-corrected chi connectivity index (χ4v) is 2.34. The Morgan fingerprint density at radius 3 is 2.37 bits per heavy atom. The van der Waals surface area contributed by atoms with Crippen LogP contribution in [-0.4, -0.2) is 29.7 Å². The van der Waals surface area contributed by atoms with Crippen LogP contribution in [0, 0.1) is 0 Å². The molecule has 1 rings (SSSR count). The van der Waals surface area contributed by atoms with Crippen molar-refractivity contribution in [1.82, 2.24) is 10.4 Å². The van der Waals surface area contributed by atoms with E-state index in [1.807, 2.05) is 0 Å². The van der Waals surface area contributed by atoms with Crippen LogP contribution in [0.3, 0.4) is 0 Å². The largest absolute Gasteiger partial charge is 0.405 e. The molecule has 1 atom stereocenters. The summed E-state index contributed by atoms with van der Waals surface area (Å²) in [5.41, 5.74) is 2.30. The second-order valence-electron chi connectivity index (χ2n) is 5.09. The van der Waals surface area contributed by atoms with Crippen LogP contribution in [0.2, 0.25) is 0 Å². The summed E-state index contributed by atoms with van der Waals surface area (Å²) in [6.45, 7) is 2.26. The second-order valence-corrected chi connectivity index (χ2v) is 5.09. The number of hydrazine groups is 1. The molecule has 1 heterocycles. The van der Waals surface area contributed by atoms with Crippen molar-refractivity contribution >= 4 is 5.91 Å². The molecule has 0 unspecified atom stereocenters. The zero-order valence-electron chi connectivity index (χ0n) is 11.4. The summed E-state index contributed by atoms with van der Waals surface area (Å²) in [5.74, 6) is -0.322. The SMILES string of the molecule is CCCCCCCC[C@H](N1CCC(=O)N1)C(F)(F)F. The highest BCUT2D eigenvalue weighted by atomic mass is 19.4. The van der Waals surface area contributed by atoms with Gasteiger partial charge >= 0.3 is 6.18 Å². The van der Waals surface area contributed by atoms with Gasteiger partial charge in [0.1, 0.15) is 6.04 Å². The van der Waals surface area contributed by atoms with Gasteiger partial charge in [0, 0.05) is 13.0 Å². The first-order valence-electron chi connectivity index (χ1n) is 7.08. The van der Waals surface area contributed by atoms with Crippen LogP contribution >= 0.6 is 0 Å². The summed E-state index contributed by atoms with van der Waals surface area (Å²) in [7, 11) is 0. The van der Waals surface area contributed by atoms with E-state index in [1.165, 1.54) is 0 Å². The molecule has 6 heteroatoms. The third-order valence-corrected chi connectivity index (χ3v) is 3.43. The molecular weight excluding hydrogens is 257 g/mol. The van der Waals surface area contributed by atoms with Gasteiger partial charge in [-0.15, -0.1) is 0 Å². The fraction of sp³-hybridized carbons (Fsp3) is 0.923. The van der Waals surface area contributed by atoms with E-state index in [9.17, 15) is 18.0 Å². The summed E-state index contributed by atoms with van der Waals surface area (Å²) in [5, 5.41) is 1.05. The first kappa shape index (κ1) is 16.3. The van der Waals surface area contributed by atoms with Gasteiger partial charge in [-0.1, -0.05) is 45.4 Å². The second kappa shape index (κ2) is 7.72. The molecule has 1 aliphatic rings. The van der Waals surface area contributed by atoms with E-state index in [2.05, 4.69) is 12.3 Å². The highest BCUT2D eigenvalue weighted by Gasteiger charge is 2.45. The van der Waals surface area contributed by atoms with Gasteiger partial charge in [0.05, 0.1) is 0 Å². The number of alkyl halides is 3. The zero-order chi connectivity index (χ0) is 14.3. The standard InChI is InChI=1S/C13H23F3N2O/c1-2-3-4-5-6-7-8-11(13(14,15)16)18-10-9-12(19)17-18/h11H,2-10H2,1H3,(H,17,19)/t11-/m0/s1.